The molecule has 0 aliphatic heterocycles. The van der Waals surface area contributed by atoms with E-state index in [1.807, 2.05) is 78.9 Å². The molecular weight excluding hydrogens is 376 g/mol. The van der Waals surface area contributed by atoms with Gasteiger partial charge in [-0.15, -0.1) is 0 Å². The molecule has 154 valence electrons. The van der Waals surface area contributed by atoms with Crippen LogP contribution in [0.3, 0.4) is 0 Å². The summed E-state index contributed by atoms with van der Waals surface area (Å²) in [7, 11) is 0. The minimum atomic E-state index is -0.321. The van der Waals surface area contributed by atoms with Gasteiger partial charge in [-0.2, -0.15) is 5.10 Å². The Bertz CT molecular complexity index is 936. The Morgan fingerprint density at radius 1 is 0.867 bits per heavy atom. The summed E-state index contributed by atoms with van der Waals surface area (Å²) in [6.07, 6.45) is 3.73. The molecule has 0 radical (unpaired) electrons. The lowest BCUT2D eigenvalue weighted by Crippen LogP contribution is -2.24. The van der Waals surface area contributed by atoms with Crippen molar-refractivity contribution in [2.45, 2.75) is 19.8 Å². The van der Waals surface area contributed by atoms with E-state index < -0.39 is 0 Å². The van der Waals surface area contributed by atoms with E-state index in [1.54, 1.807) is 6.21 Å². The predicted octanol–water partition coefficient (Wildman–Crippen LogP) is 5.06. The largest absolute Gasteiger partial charge is 0.494 e. The lowest BCUT2D eigenvalue weighted by Gasteiger charge is -2.07. The second-order valence-electron chi connectivity index (χ2n) is 6.74. The van der Waals surface area contributed by atoms with E-state index >= 15 is 0 Å². The molecule has 1 amide bonds. The normalized spacial score (nSPS) is 10.7. The first-order valence-electron chi connectivity index (χ1n) is 10.1. The molecule has 1 N–H and O–H groups in total. The third-order valence-corrected chi connectivity index (χ3v) is 4.38. The highest BCUT2D eigenvalue weighted by Gasteiger charge is 2.02. The molecule has 0 aliphatic rings. The van der Waals surface area contributed by atoms with Crippen molar-refractivity contribution in [3.8, 4) is 22.6 Å². The van der Waals surface area contributed by atoms with E-state index in [0.717, 1.165) is 41.9 Å². The molecule has 3 aromatic rings. The number of unbranched alkanes of at least 4 members (excludes halogenated alkanes) is 1. The molecule has 0 heterocycles. The quantitative estimate of drug-likeness (QED) is 0.293. The zero-order chi connectivity index (χ0) is 21.0. The summed E-state index contributed by atoms with van der Waals surface area (Å²) in [5.41, 5.74) is 5.57. The van der Waals surface area contributed by atoms with Gasteiger partial charge < -0.3 is 9.47 Å². The molecule has 0 bridgehead atoms. The van der Waals surface area contributed by atoms with Crippen LogP contribution in [0, 0.1) is 0 Å². The number of rotatable bonds is 10. The highest BCUT2D eigenvalue weighted by Crippen LogP contribution is 2.21. The van der Waals surface area contributed by atoms with Crippen molar-refractivity contribution in [3.05, 3.63) is 84.4 Å². The third-order valence-electron chi connectivity index (χ3n) is 4.38. The second kappa shape index (κ2) is 11.4. The number of nitrogens with zero attached hydrogens (tertiary/aromatic N) is 1. The summed E-state index contributed by atoms with van der Waals surface area (Å²) in [6, 6.07) is 25.3. The monoisotopic (exact) mass is 402 g/mol. The van der Waals surface area contributed by atoms with Crippen LogP contribution in [-0.4, -0.2) is 25.3 Å². The number of carbonyl (C=O) groups is 1. The van der Waals surface area contributed by atoms with Gasteiger partial charge in [-0.3, -0.25) is 4.79 Å². The van der Waals surface area contributed by atoms with Crippen LogP contribution in [-0.2, 0) is 4.79 Å². The van der Waals surface area contributed by atoms with E-state index in [2.05, 4.69) is 17.5 Å². The Morgan fingerprint density at radius 2 is 1.50 bits per heavy atom. The fraction of sp³-hybridized carbons (Fsp3) is 0.200. The highest BCUT2D eigenvalue weighted by atomic mass is 16.5. The Labute approximate surface area is 177 Å². The zero-order valence-electron chi connectivity index (χ0n) is 17.1. The summed E-state index contributed by atoms with van der Waals surface area (Å²) in [5, 5.41) is 3.97. The summed E-state index contributed by atoms with van der Waals surface area (Å²) < 4.78 is 11.1. The molecule has 0 fully saturated rings. The van der Waals surface area contributed by atoms with Crippen LogP contribution in [0.4, 0.5) is 0 Å². The van der Waals surface area contributed by atoms with Gasteiger partial charge in [0.2, 0.25) is 0 Å². The van der Waals surface area contributed by atoms with Crippen molar-refractivity contribution in [2.24, 2.45) is 5.10 Å². The maximum Gasteiger partial charge on any atom is 0.277 e. The smallest absolute Gasteiger partial charge is 0.277 e. The molecule has 0 unspecified atom stereocenters. The molecule has 30 heavy (non-hydrogen) atoms. The van der Waals surface area contributed by atoms with E-state index in [1.165, 1.54) is 0 Å². The molecule has 0 atom stereocenters. The number of hydrogen-bond acceptors (Lipinski definition) is 4. The molecule has 0 spiro atoms. The lowest BCUT2D eigenvalue weighted by molar-refractivity contribution is -0.123. The summed E-state index contributed by atoms with van der Waals surface area (Å²) in [6.45, 7) is 2.74. The van der Waals surface area contributed by atoms with Crippen molar-refractivity contribution >= 4 is 12.1 Å². The molecular formula is C25H26N2O3. The van der Waals surface area contributed by atoms with Gasteiger partial charge in [0.1, 0.15) is 11.5 Å². The molecule has 0 saturated heterocycles. The third kappa shape index (κ3) is 6.78. The molecule has 3 aromatic carbocycles. The zero-order valence-corrected chi connectivity index (χ0v) is 17.1. The number of nitrogens with one attached hydrogen (secondary N) is 1. The molecule has 0 aliphatic carbocycles. The molecule has 5 nitrogen and oxygen atoms in total. The first-order valence-corrected chi connectivity index (χ1v) is 10.1. The van der Waals surface area contributed by atoms with Crippen molar-refractivity contribution < 1.29 is 14.3 Å². The predicted molar refractivity (Wildman–Crippen MR) is 120 cm³/mol. The van der Waals surface area contributed by atoms with E-state index in [-0.39, 0.29) is 12.5 Å². The lowest BCUT2D eigenvalue weighted by atomic mass is 10.1. The van der Waals surface area contributed by atoms with Gasteiger partial charge >= 0.3 is 0 Å². The first kappa shape index (κ1) is 21.1. The van der Waals surface area contributed by atoms with Crippen molar-refractivity contribution in [1.82, 2.24) is 5.43 Å². The van der Waals surface area contributed by atoms with Gasteiger partial charge in [0.05, 0.1) is 12.8 Å². The number of hydrogen-bond donors (Lipinski definition) is 1. The van der Waals surface area contributed by atoms with Gasteiger partial charge in [0, 0.05) is 0 Å². The number of ether oxygens (including phenoxy) is 2. The Balaban J connectivity index is 1.41. The minimum absolute atomic E-state index is 0.105. The van der Waals surface area contributed by atoms with Crippen LogP contribution in [0.25, 0.3) is 11.1 Å². The van der Waals surface area contributed by atoms with Gasteiger partial charge in [0.25, 0.3) is 5.91 Å². The van der Waals surface area contributed by atoms with Gasteiger partial charge in [-0.05, 0) is 59.5 Å². The van der Waals surface area contributed by atoms with Gasteiger partial charge in [0.15, 0.2) is 6.61 Å². The minimum Gasteiger partial charge on any atom is -0.494 e. The standard InChI is InChI=1S/C25H26N2O3/c1-2-3-17-29-23-13-9-20(10-14-23)18-26-27-25(28)19-30-24-15-11-22(12-16-24)21-7-5-4-6-8-21/h4-16,18H,2-3,17,19H2,1H3,(H,27,28)/b26-18-. The van der Waals surface area contributed by atoms with Gasteiger partial charge in [-0.25, -0.2) is 5.43 Å². The fourth-order valence-corrected chi connectivity index (χ4v) is 2.72. The van der Waals surface area contributed by atoms with Crippen LogP contribution >= 0.6 is 0 Å². The SMILES string of the molecule is CCCCOc1ccc(/C=N\NC(=O)COc2ccc(-c3ccccc3)cc2)cc1. The second-order valence-corrected chi connectivity index (χ2v) is 6.74. The van der Waals surface area contributed by atoms with Crippen LogP contribution in [0.5, 0.6) is 11.5 Å². The van der Waals surface area contributed by atoms with E-state index in [9.17, 15) is 4.79 Å². The van der Waals surface area contributed by atoms with E-state index in [0.29, 0.717) is 5.75 Å². The Morgan fingerprint density at radius 3 is 2.20 bits per heavy atom. The van der Waals surface area contributed by atoms with Crippen LogP contribution in [0.1, 0.15) is 25.3 Å². The Kier molecular flexibility index (Phi) is 8.03. The van der Waals surface area contributed by atoms with Crippen LogP contribution < -0.4 is 14.9 Å². The topological polar surface area (TPSA) is 59.9 Å². The number of carbonyl (C=O) groups excluding carboxylic acids is 1. The number of hydrazone groups is 1. The van der Waals surface area contributed by atoms with E-state index in [4.69, 9.17) is 9.47 Å². The average Bonchev–Trinajstić information content (AvgIpc) is 2.80. The van der Waals surface area contributed by atoms with Crippen LogP contribution in [0.2, 0.25) is 0 Å². The molecule has 5 heteroatoms. The number of amides is 1. The van der Waals surface area contributed by atoms with Crippen LogP contribution in [0.15, 0.2) is 84.0 Å². The molecule has 0 saturated carbocycles. The summed E-state index contributed by atoms with van der Waals surface area (Å²) >= 11 is 0. The van der Waals surface area contributed by atoms with Crippen molar-refractivity contribution in [1.29, 1.82) is 0 Å². The van der Waals surface area contributed by atoms with Crippen molar-refractivity contribution in [2.75, 3.05) is 13.2 Å². The Hall–Kier alpha value is -3.60. The van der Waals surface area contributed by atoms with Gasteiger partial charge in [-0.1, -0.05) is 55.8 Å². The molecule has 3 rings (SSSR count). The fourth-order valence-electron chi connectivity index (χ4n) is 2.72. The number of benzene rings is 3. The maximum absolute atomic E-state index is 11.9. The highest BCUT2D eigenvalue weighted by molar-refractivity contribution is 5.83. The summed E-state index contributed by atoms with van der Waals surface area (Å²) in [5.74, 6) is 1.14. The average molecular weight is 402 g/mol. The summed E-state index contributed by atoms with van der Waals surface area (Å²) in [4.78, 5) is 11.9. The first-order chi connectivity index (χ1) is 14.7. The van der Waals surface area contributed by atoms with Crippen molar-refractivity contribution in [3.63, 3.8) is 0 Å². The molecule has 0 aromatic heterocycles. The maximum atomic E-state index is 11.9.